The van der Waals surface area contributed by atoms with Crippen LogP contribution in [0.1, 0.15) is 61.8 Å². The first-order valence-corrected chi connectivity index (χ1v) is 10.4. The molecule has 3 aliphatic carbocycles. The molecule has 0 fully saturated rings. The molecule has 0 N–H and O–H groups in total. The number of methoxy groups -OCH3 is 2. The Balaban J connectivity index is 2.13. The Morgan fingerprint density at radius 1 is 0.867 bits per heavy atom. The molecule has 0 aliphatic heterocycles. The van der Waals surface area contributed by atoms with Crippen molar-refractivity contribution < 1.29 is 19.1 Å². The van der Waals surface area contributed by atoms with E-state index < -0.39 is 17.4 Å². The van der Waals surface area contributed by atoms with Crippen LogP contribution in [-0.4, -0.2) is 26.2 Å². The van der Waals surface area contributed by atoms with Gasteiger partial charge in [0.05, 0.1) is 30.8 Å². The average Bonchev–Trinajstić information content (AvgIpc) is 2.75. The van der Waals surface area contributed by atoms with E-state index in [1.807, 2.05) is 24.3 Å². The van der Waals surface area contributed by atoms with Crippen LogP contribution in [0.4, 0.5) is 0 Å². The van der Waals surface area contributed by atoms with Crippen molar-refractivity contribution in [3.05, 3.63) is 81.9 Å². The highest BCUT2D eigenvalue weighted by Gasteiger charge is 2.57. The van der Waals surface area contributed by atoms with E-state index in [9.17, 15) is 9.59 Å². The lowest BCUT2D eigenvalue weighted by Gasteiger charge is -2.50. The van der Waals surface area contributed by atoms with Crippen LogP contribution in [0.5, 0.6) is 0 Å². The third kappa shape index (κ3) is 2.81. The van der Waals surface area contributed by atoms with Crippen LogP contribution in [-0.2, 0) is 24.5 Å². The first kappa shape index (κ1) is 20.4. The summed E-state index contributed by atoms with van der Waals surface area (Å²) in [7, 11) is 2.74. The summed E-state index contributed by atoms with van der Waals surface area (Å²) in [6, 6.07) is 16.3. The Morgan fingerprint density at radius 3 is 1.83 bits per heavy atom. The zero-order valence-electron chi connectivity index (χ0n) is 18.2. The number of ether oxygens (including phenoxy) is 2. The van der Waals surface area contributed by atoms with Crippen LogP contribution < -0.4 is 0 Å². The lowest BCUT2D eigenvalue weighted by atomic mass is 9.51. The molecular formula is C26H28O4. The van der Waals surface area contributed by atoms with Gasteiger partial charge >= 0.3 is 11.9 Å². The number of hydrogen-bond acceptors (Lipinski definition) is 4. The fourth-order valence-electron chi connectivity index (χ4n) is 5.21. The average molecular weight is 405 g/mol. The summed E-state index contributed by atoms with van der Waals surface area (Å²) in [6.07, 6.45) is 1.57. The Kier molecular flexibility index (Phi) is 4.84. The van der Waals surface area contributed by atoms with Gasteiger partial charge in [0.15, 0.2) is 0 Å². The molecule has 4 heteroatoms. The highest BCUT2D eigenvalue weighted by Crippen LogP contribution is 2.61. The van der Waals surface area contributed by atoms with Crippen LogP contribution in [0.2, 0.25) is 0 Å². The van der Waals surface area contributed by atoms with E-state index in [1.165, 1.54) is 14.2 Å². The number of rotatable bonds is 4. The predicted molar refractivity (Wildman–Crippen MR) is 115 cm³/mol. The monoisotopic (exact) mass is 404 g/mol. The second-order valence-electron chi connectivity index (χ2n) is 9.35. The van der Waals surface area contributed by atoms with E-state index in [-0.39, 0.29) is 11.3 Å². The zero-order valence-corrected chi connectivity index (χ0v) is 18.2. The van der Waals surface area contributed by atoms with Gasteiger partial charge in [-0.25, -0.2) is 9.59 Å². The van der Waals surface area contributed by atoms with Crippen molar-refractivity contribution in [3.63, 3.8) is 0 Å². The van der Waals surface area contributed by atoms with E-state index in [2.05, 4.69) is 45.0 Å². The van der Waals surface area contributed by atoms with Crippen molar-refractivity contribution in [3.8, 4) is 0 Å². The van der Waals surface area contributed by atoms with Gasteiger partial charge in [-0.1, -0.05) is 69.3 Å². The smallest absolute Gasteiger partial charge is 0.335 e. The van der Waals surface area contributed by atoms with E-state index in [0.29, 0.717) is 17.6 Å². The van der Waals surface area contributed by atoms with Gasteiger partial charge in [-0.2, -0.15) is 0 Å². The molecule has 2 aromatic rings. The van der Waals surface area contributed by atoms with Crippen LogP contribution in [0, 0.1) is 5.41 Å². The van der Waals surface area contributed by atoms with Gasteiger partial charge in [0, 0.05) is 5.92 Å². The van der Waals surface area contributed by atoms with E-state index in [1.54, 1.807) is 0 Å². The second-order valence-corrected chi connectivity index (χ2v) is 9.35. The van der Waals surface area contributed by atoms with E-state index in [4.69, 9.17) is 9.47 Å². The molecule has 30 heavy (non-hydrogen) atoms. The molecule has 0 amide bonds. The quantitative estimate of drug-likeness (QED) is 0.680. The van der Waals surface area contributed by atoms with Gasteiger partial charge in [-0.3, -0.25) is 0 Å². The first-order valence-electron chi connectivity index (χ1n) is 10.4. The summed E-state index contributed by atoms with van der Waals surface area (Å²) in [5.74, 6) is -1.27. The SMILES string of the molecule is COC(=O)C1=C(C(=O)OC)C2(CCC(C)(C)C)c3ccccc3C1c1ccccc12. The summed E-state index contributed by atoms with van der Waals surface area (Å²) in [4.78, 5) is 26.3. The zero-order chi connectivity index (χ0) is 21.7. The molecule has 0 radical (unpaired) electrons. The van der Waals surface area contributed by atoms with Gasteiger partial charge in [0.25, 0.3) is 0 Å². The molecule has 5 rings (SSSR count). The van der Waals surface area contributed by atoms with Crippen LogP contribution >= 0.6 is 0 Å². The van der Waals surface area contributed by atoms with Gasteiger partial charge in [0.1, 0.15) is 0 Å². The molecule has 0 spiro atoms. The fourth-order valence-corrected chi connectivity index (χ4v) is 5.21. The molecule has 4 nitrogen and oxygen atoms in total. The van der Waals surface area contributed by atoms with Crippen molar-refractivity contribution in [2.45, 2.75) is 44.9 Å². The Bertz CT molecular complexity index is 1010. The fraction of sp³-hybridized carbons (Fsp3) is 0.385. The molecule has 0 atom stereocenters. The van der Waals surface area contributed by atoms with Crippen molar-refractivity contribution in [2.24, 2.45) is 5.41 Å². The normalized spacial score (nSPS) is 21.7. The summed E-state index contributed by atoms with van der Waals surface area (Å²) >= 11 is 0. The van der Waals surface area contributed by atoms with Gasteiger partial charge in [-0.05, 0) is 40.5 Å². The maximum Gasteiger partial charge on any atom is 0.335 e. The third-order valence-corrected chi connectivity index (χ3v) is 6.49. The molecule has 0 saturated carbocycles. The number of benzene rings is 2. The minimum absolute atomic E-state index is 0.0551. The number of hydrogen-bond donors (Lipinski definition) is 0. The number of carbonyl (C=O) groups is 2. The molecular weight excluding hydrogens is 376 g/mol. The van der Waals surface area contributed by atoms with Crippen molar-refractivity contribution >= 4 is 11.9 Å². The summed E-state index contributed by atoms with van der Waals surface area (Å²) in [5, 5.41) is 0. The maximum atomic E-state index is 13.2. The lowest BCUT2D eigenvalue weighted by molar-refractivity contribution is -0.140. The van der Waals surface area contributed by atoms with Crippen molar-refractivity contribution in [1.82, 2.24) is 0 Å². The molecule has 0 aromatic heterocycles. The summed E-state index contributed by atoms with van der Waals surface area (Å²) < 4.78 is 10.4. The summed E-state index contributed by atoms with van der Waals surface area (Å²) in [5.41, 5.74) is 4.47. The third-order valence-electron chi connectivity index (χ3n) is 6.49. The van der Waals surface area contributed by atoms with Gasteiger partial charge < -0.3 is 9.47 Å². The Hall–Kier alpha value is -2.88. The largest absolute Gasteiger partial charge is 0.466 e. The lowest BCUT2D eigenvalue weighted by Crippen LogP contribution is -2.47. The predicted octanol–water partition coefficient (Wildman–Crippen LogP) is 4.90. The first-order chi connectivity index (χ1) is 14.3. The molecule has 3 aliphatic rings. The van der Waals surface area contributed by atoms with Crippen LogP contribution in [0.15, 0.2) is 59.7 Å². The van der Waals surface area contributed by atoms with Gasteiger partial charge in [0.2, 0.25) is 0 Å². The molecule has 0 heterocycles. The van der Waals surface area contributed by atoms with Crippen LogP contribution in [0.25, 0.3) is 0 Å². The number of carbonyl (C=O) groups excluding carboxylic acids is 2. The maximum absolute atomic E-state index is 13.2. The van der Waals surface area contributed by atoms with Crippen molar-refractivity contribution in [2.75, 3.05) is 14.2 Å². The number of esters is 2. The second kappa shape index (κ2) is 7.12. The summed E-state index contributed by atoms with van der Waals surface area (Å²) in [6.45, 7) is 6.58. The minimum atomic E-state index is -0.744. The Morgan fingerprint density at radius 2 is 1.37 bits per heavy atom. The topological polar surface area (TPSA) is 52.6 Å². The highest BCUT2D eigenvalue weighted by molar-refractivity contribution is 6.07. The van der Waals surface area contributed by atoms with Gasteiger partial charge in [-0.15, -0.1) is 0 Å². The van der Waals surface area contributed by atoms with Crippen molar-refractivity contribution in [1.29, 1.82) is 0 Å². The molecule has 156 valence electrons. The van der Waals surface area contributed by atoms with Crippen LogP contribution in [0.3, 0.4) is 0 Å². The van der Waals surface area contributed by atoms with E-state index >= 15 is 0 Å². The van der Waals surface area contributed by atoms with E-state index in [0.717, 1.165) is 28.7 Å². The standard InChI is InChI=1S/C26H28O4/c1-25(2,3)14-15-26-18-12-8-6-10-16(18)20(17-11-7-9-13-19(17)26)21(23(27)29-4)22(26)24(28)30-5/h6-13,20H,14-15H2,1-5H3. The molecule has 2 aromatic carbocycles. The Labute approximate surface area is 177 Å². The molecule has 0 saturated heterocycles. The molecule has 2 bridgehead atoms. The highest BCUT2D eigenvalue weighted by atomic mass is 16.5. The molecule has 0 unspecified atom stereocenters. The minimum Gasteiger partial charge on any atom is -0.466 e.